The molecule has 0 fully saturated rings. The Hall–Kier alpha value is -1.16. The highest BCUT2D eigenvalue weighted by Gasteiger charge is 2.26. The highest BCUT2D eigenvalue weighted by Crippen LogP contribution is 2.27. The highest BCUT2D eigenvalue weighted by atomic mass is 32.1. The fraction of sp³-hybridized carbons (Fsp3) is 0.412. The maximum Gasteiger partial charge on any atom is 0.104 e. The van der Waals surface area contributed by atoms with Gasteiger partial charge in [0.15, 0.2) is 0 Å². The summed E-state index contributed by atoms with van der Waals surface area (Å²) in [5.74, 6) is 0.360. The van der Waals surface area contributed by atoms with Crippen molar-refractivity contribution in [1.29, 1.82) is 0 Å². The lowest BCUT2D eigenvalue weighted by Gasteiger charge is -2.30. The van der Waals surface area contributed by atoms with Crippen molar-refractivity contribution in [3.8, 4) is 0 Å². The summed E-state index contributed by atoms with van der Waals surface area (Å²) in [6.07, 6.45) is -0.457. The van der Waals surface area contributed by atoms with Gasteiger partial charge in [0, 0.05) is 17.0 Å². The zero-order chi connectivity index (χ0) is 14.5. The number of nitrogens with one attached hydrogen (secondary N) is 1. The van der Waals surface area contributed by atoms with Crippen molar-refractivity contribution in [3.05, 3.63) is 58.3 Å². The van der Waals surface area contributed by atoms with E-state index in [9.17, 15) is 5.11 Å². The highest BCUT2D eigenvalue weighted by molar-refractivity contribution is 7.10. The fourth-order valence-corrected chi connectivity index (χ4v) is 3.17. The van der Waals surface area contributed by atoms with Crippen LogP contribution in [-0.4, -0.2) is 11.1 Å². The minimum Gasteiger partial charge on any atom is -0.386 e. The molecule has 0 radical (unpaired) electrons. The number of aliphatic hydroxyl groups excluding tert-OH is 1. The summed E-state index contributed by atoms with van der Waals surface area (Å²) >= 11 is 1.61. The Morgan fingerprint density at radius 2 is 1.70 bits per heavy atom. The second-order valence-electron chi connectivity index (χ2n) is 5.53. The fourth-order valence-electron chi connectivity index (χ4n) is 2.41. The van der Waals surface area contributed by atoms with E-state index in [0.717, 1.165) is 4.88 Å². The lowest BCUT2D eigenvalue weighted by molar-refractivity contribution is 0.102. The SMILES string of the molecule is CC(NC(C(C)C)C(O)c1cccs1)c1ccccc1. The van der Waals surface area contributed by atoms with Gasteiger partial charge in [0.1, 0.15) is 6.10 Å². The van der Waals surface area contributed by atoms with E-state index in [1.54, 1.807) is 11.3 Å². The molecule has 3 atom stereocenters. The van der Waals surface area contributed by atoms with Crippen LogP contribution in [0.15, 0.2) is 47.8 Å². The van der Waals surface area contributed by atoms with Gasteiger partial charge in [-0.15, -0.1) is 11.3 Å². The minimum atomic E-state index is -0.457. The number of aliphatic hydroxyl groups is 1. The van der Waals surface area contributed by atoms with E-state index in [1.807, 2.05) is 35.7 Å². The zero-order valence-electron chi connectivity index (χ0n) is 12.3. The maximum absolute atomic E-state index is 10.6. The van der Waals surface area contributed by atoms with E-state index in [4.69, 9.17) is 0 Å². The van der Waals surface area contributed by atoms with Crippen LogP contribution >= 0.6 is 11.3 Å². The Morgan fingerprint density at radius 3 is 2.25 bits per heavy atom. The third-order valence-electron chi connectivity index (χ3n) is 3.64. The van der Waals surface area contributed by atoms with Gasteiger partial charge in [0.05, 0.1) is 0 Å². The predicted molar refractivity (Wildman–Crippen MR) is 85.9 cm³/mol. The normalized spacial score (nSPS) is 16.1. The van der Waals surface area contributed by atoms with E-state index >= 15 is 0 Å². The lowest BCUT2D eigenvalue weighted by atomic mass is 9.95. The molecule has 0 aliphatic heterocycles. The van der Waals surface area contributed by atoms with Crippen molar-refractivity contribution in [2.45, 2.75) is 39.0 Å². The molecule has 0 bridgehead atoms. The van der Waals surface area contributed by atoms with Gasteiger partial charge in [-0.25, -0.2) is 0 Å². The molecule has 0 aliphatic carbocycles. The van der Waals surface area contributed by atoms with Crippen molar-refractivity contribution in [2.75, 3.05) is 0 Å². The Balaban J connectivity index is 2.10. The summed E-state index contributed by atoms with van der Waals surface area (Å²) in [7, 11) is 0. The molecule has 1 aromatic carbocycles. The van der Waals surface area contributed by atoms with Gasteiger partial charge >= 0.3 is 0 Å². The van der Waals surface area contributed by atoms with Crippen molar-refractivity contribution in [2.24, 2.45) is 5.92 Å². The van der Waals surface area contributed by atoms with Crippen LogP contribution in [0.3, 0.4) is 0 Å². The minimum absolute atomic E-state index is 0.0452. The van der Waals surface area contributed by atoms with Gasteiger partial charge in [-0.3, -0.25) is 0 Å². The zero-order valence-corrected chi connectivity index (χ0v) is 13.1. The maximum atomic E-state index is 10.6. The van der Waals surface area contributed by atoms with Crippen LogP contribution in [0.1, 0.15) is 43.4 Å². The van der Waals surface area contributed by atoms with E-state index in [2.05, 4.69) is 38.2 Å². The second kappa shape index (κ2) is 7.02. The molecular formula is C17H23NOS. The first-order chi connectivity index (χ1) is 9.59. The summed E-state index contributed by atoms with van der Waals surface area (Å²) in [5.41, 5.74) is 1.25. The van der Waals surface area contributed by atoms with E-state index < -0.39 is 6.10 Å². The third kappa shape index (κ3) is 3.69. The van der Waals surface area contributed by atoms with E-state index in [0.29, 0.717) is 5.92 Å². The van der Waals surface area contributed by atoms with Crippen molar-refractivity contribution in [3.63, 3.8) is 0 Å². The van der Waals surface area contributed by atoms with Crippen LogP contribution in [0, 0.1) is 5.92 Å². The standard InChI is InChI=1S/C17H23NOS/c1-12(2)16(17(19)15-10-7-11-20-15)18-13(3)14-8-5-4-6-9-14/h4-13,16-19H,1-3H3. The van der Waals surface area contributed by atoms with Crippen LogP contribution < -0.4 is 5.32 Å². The van der Waals surface area contributed by atoms with Crippen molar-refractivity contribution < 1.29 is 5.11 Å². The molecule has 1 heterocycles. The van der Waals surface area contributed by atoms with Crippen LogP contribution in [0.5, 0.6) is 0 Å². The average molecular weight is 289 g/mol. The molecule has 0 aliphatic rings. The van der Waals surface area contributed by atoms with E-state index in [-0.39, 0.29) is 12.1 Å². The molecule has 1 aromatic heterocycles. The second-order valence-corrected chi connectivity index (χ2v) is 6.51. The largest absolute Gasteiger partial charge is 0.386 e. The molecule has 2 nitrogen and oxygen atoms in total. The summed E-state index contributed by atoms with van der Waals surface area (Å²) in [6.45, 7) is 6.43. The topological polar surface area (TPSA) is 32.3 Å². The number of benzene rings is 1. The number of thiophene rings is 1. The summed E-state index contributed by atoms with van der Waals surface area (Å²) < 4.78 is 0. The Kier molecular flexibility index (Phi) is 5.35. The molecule has 2 aromatic rings. The molecule has 20 heavy (non-hydrogen) atoms. The molecule has 108 valence electrons. The van der Waals surface area contributed by atoms with Gasteiger partial charge in [0.25, 0.3) is 0 Å². The quantitative estimate of drug-likeness (QED) is 0.837. The lowest BCUT2D eigenvalue weighted by Crippen LogP contribution is -2.40. The number of rotatable bonds is 6. The molecule has 0 saturated heterocycles. The molecule has 0 amide bonds. The first-order valence-electron chi connectivity index (χ1n) is 7.12. The van der Waals surface area contributed by atoms with Gasteiger partial charge in [-0.05, 0) is 29.9 Å². The van der Waals surface area contributed by atoms with E-state index in [1.165, 1.54) is 5.56 Å². The average Bonchev–Trinajstić information content (AvgIpc) is 2.98. The Labute approximate surface area is 125 Å². The Morgan fingerprint density at radius 1 is 1.00 bits per heavy atom. The number of hydrogen-bond donors (Lipinski definition) is 2. The summed E-state index contributed by atoms with van der Waals surface area (Å²) in [6, 6.07) is 14.6. The van der Waals surface area contributed by atoms with Crippen LogP contribution in [-0.2, 0) is 0 Å². The van der Waals surface area contributed by atoms with Crippen LogP contribution in [0.4, 0.5) is 0 Å². The van der Waals surface area contributed by atoms with Gasteiger partial charge in [-0.1, -0.05) is 50.2 Å². The molecule has 2 N–H and O–H groups in total. The van der Waals surface area contributed by atoms with Gasteiger partial charge in [-0.2, -0.15) is 0 Å². The Bertz CT molecular complexity index is 495. The van der Waals surface area contributed by atoms with Gasteiger partial charge in [0.2, 0.25) is 0 Å². The molecule has 3 heteroatoms. The van der Waals surface area contributed by atoms with Crippen LogP contribution in [0.2, 0.25) is 0 Å². The third-order valence-corrected chi connectivity index (χ3v) is 4.58. The van der Waals surface area contributed by atoms with Crippen molar-refractivity contribution >= 4 is 11.3 Å². The van der Waals surface area contributed by atoms with Gasteiger partial charge < -0.3 is 10.4 Å². The first-order valence-corrected chi connectivity index (χ1v) is 8.00. The summed E-state index contributed by atoms with van der Waals surface area (Å²) in [5, 5.41) is 16.2. The molecule has 0 spiro atoms. The summed E-state index contributed by atoms with van der Waals surface area (Å²) in [4.78, 5) is 1.02. The monoisotopic (exact) mass is 289 g/mol. The predicted octanol–water partition coefficient (Wildman–Crippen LogP) is 4.16. The molecule has 3 unspecified atom stereocenters. The smallest absolute Gasteiger partial charge is 0.104 e. The molecule has 0 saturated carbocycles. The molecular weight excluding hydrogens is 266 g/mol. The first kappa shape index (κ1) is 15.2. The molecule has 2 rings (SSSR count). The van der Waals surface area contributed by atoms with Crippen molar-refractivity contribution in [1.82, 2.24) is 5.32 Å². The number of hydrogen-bond acceptors (Lipinski definition) is 3. The van der Waals surface area contributed by atoms with Crippen LogP contribution in [0.25, 0.3) is 0 Å².